The summed E-state index contributed by atoms with van der Waals surface area (Å²) in [5.74, 6) is -0.155. The lowest BCUT2D eigenvalue weighted by molar-refractivity contribution is -0.151. The molecule has 0 aromatic heterocycles. The third kappa shape index (κ3) is 4.99. The number of ether oxygens (including phenoxy) is 2. The van der Waals surface area contributed by atoms with E-state index in [0.29, 0.717) is 19.6 Å². The molecule has 21 heavy (non-hydrogen) atoms. The van der Waals surface area contributed by atoms with Crippen LogP contribution in [0.4, 0.5) is 0 Å². The molecule has 2 unspecified atom stereocenters. The van der Waals surface area contributed by atoms with Gasteiger partial charge in [0.1, 0.15) is 0 Å². The van der Waals surface area contributed by atoms with Gasteiger partial charge < -0.3 is 14.4 Å². The Morgan fingerprint density at radius 3 is 2.81 bits per heavy atom. The fraction of sp³-hybridized carbons (Fsp3) is 0.875. The Balaban J connectivity index is 1.74. The average molecular weight is 297 g/mol. The van der Waals surface area contributed by atoms with Gasteiger partial charge in [-0.05, 0) is 45.4 Å². The van der Waals surface area contributed by atoms with E-state index in [2.05, 4.69) is 0 Å². The summed E-state index contributed by atoms with van der Waals surface area (Å²) in [5, 5.41) is 0. The second-order valence-corrected chi connectivity index (χ2v) is 5.96. The van der Waals surface area contributed by atoms with Gasteiger partial charge in [-0.3, -0.25) is 9.59 Å². The normalized spacial score (nSPS) is 26.4. The van der Waals surface area contributed by atoms with Crippen LogP contribution in [-0.2, 0) is 19.1 Å². The minimum Gasteiger partial charge on any atom is -0.466 e. The average Bonchev–Trinajstić information content (AvgIpc) is 2.54. The molecule has 2 saturated heterocycles. The smallest absolute Gasteiger partial charge is 0.310 e. The van der Waals surface area contributed by atoms with Crippen molar-refractivity contribution in [3.05, 3.63) is 0 Å². The quantitative estimate of drug-likeness (QED) is 0.730. The van der Waals surface area contributed by atoms with Crippen LogP contribution < -0.4 is 0 Å². The molecular weight excluding hydrogens is 270 g/mol. The zero-order chi connectivity index (χ0) is 15.1. The first-order valence-electron chi connectivity index (χ1n) is 8.26. The summed E-state index contributed by atoms with van der Waals surface area (Å²) in [6.07, 6.45) is 6.70. The van der Waals surface area contributed by atoms with E-state index < -0.39 is 0 Å². The maximum absolute atomic E-state index is 12.3. The molecule has 0 aliphatic carbocycles. The van der Waals surface area contributed by atoms with Gasteiger partial charge in [0.25, 0.3) is 0 Å². The van der Waals surface area contributed by atoms with Gasteiger partial charge in [0.2, 0.25) is 5.91 Å². The molecule has 0 N–H and O–H groups in total. The van der Waals surface area contributed by atoms with Crippen LogP contribution >= 0.6 is 0 Å². The highest BCUT2D eigenvalue weighted by Gasteiger charge is 2.29. The molecule has 0 radical (unpaired) electrons. The summed E-state index contributed by atoms with van der Waals surface area (Å²) in [7, 11) is 0. The number of hydrogen-bond acceptors (Lipinski definition) is 4. The van der Waals surface area contributed by atoms with E-state index in [-0.39, 0.29) is 23.9 Å². The van der Waals surface area contributed by atoms with Crippen LogP contribution in [0.3, 0.4) is 0 Å². The molecule has 120 valence electrons. The second-order valence-electron chi connectivity index (χ2n) is 5.96. The summed E-state index contributed by atoms with van der Waals surface area (Å²) in [6, 6.07) is 0. The van der Waals surface area contributed by atoms with Gasteiger partial charge in [-0.2, -0.15) is 0 Å². The van der Waals surface area contributed by atoms with E-state index >= 15 is 0 Å². The van der Waals surface area contributed by atoms with Crippen LogP contribution in [0.5, 0.6) is 0 Å². The minimum atomic E-state index is -0.161. The van der Waals surface area contributed by atoms with Crippen LogP contribution in [-0.4, -0.2) is 49.2 Å². The molecule has 5 nitrogen and oxygen atoms in total. The highest BCUT2D eigenvalue weighted by atomic mass is 16.5. The molecular formula is C16H27NO4. The fourth-order valence-electron chi connectivity index (χ4n) is 3.13. The van der Waals surface area contributed by atoms with Crippen molar-refractivity contribution in [2.75, 3.05) is 26.3 Å². The number of carbonyl (C=O) groups excluding carboxylic acids is 2. The van der Waals surface area contributed by atoms with Crippen LogP contribution in [0.15, 0.2) is 0 Å². The highest BCUT2D eigenvalue weighted by molar-refractivity contribution is 5.78. The minimum absolute atomic E-state index is 0.145. The number of likely N-dealkylation sites (tertiary alicyclic amines) is 1. The second kappa shape index (κ2) is 8.37. The lowest BCUT2D eigenvalue weighted by Crippen LogP contribution is -2.43. The zero-order valence-corrected chi connectivity index (χ0v) is 13.0. The fourth-order valence-corrected chi connectivity index (χ4v) is 3.13. The first-order chi connectivity index (χ1) is 10.2. The lowest BCUT2D eigenvalue weighted by Gasteiger charge is -2.32. The standard InChI is InChI=1S/C16H27NO4/c1-2-20-16(19)13-6-5-10-17(12-13)15(18)9-8-14-7-3-4-11-21-14/h13-14H,2-12H2,1H3. The molecule has 2 fully saturated rings. The number of amides is 1. The molecule has 5 heteroatoms. The van der Waals surface area contributed by atoms with Gasteiger partial charge in [0.15, 0.2) is 0 Å². The van der Waals surface area contributed by atoms with Gasteiger partial charge in [-0.1, -0.05) is 0 Å². The van der Waals surface area contributed by atoms with Gasteiger partial charge in [0, 0.05) is 26.1 Å². The zero-order valence-electron chi connectivity index (χ0n) is 13.0. The number of nitrogens with zero attached hydrogens (tertiary/aromatic N) is 1. The maximum atomic E-state index is 12.3. The monoisotopic (exact) mass is 297 g/mol. The van der Waals surface area contributed by atoms with Crippen LogP contribution in [0, 0.1) is 5.92 Å². The van der Waals surface area contributed by atoms with Gasteiger partial charge in [-0.15, -0.1) is 0 Å². The Bertz CT molecular complexity index is 352. The van der Waals surface area contributed by atoms with Crippen molar-refractivity contribution >= 4 is 11.9 Å². The van der Waals surface area contributed by atoms with Crippen molar-refractivity contribution in [1.82, 2.24) is 4.90 Å². The van der Waals surface area contributed by atoms with Crippen molar-refractivity contribution in [3.8, 4) is 0 Å². The Kier molecular flexibility index (Phi) is 6.49. The first-order valence-corrected chi connectivity index (χ1v) is 8.26. The Labute approximate surface area is 127 Å². The third-order valence-electron chi connectivity index (χ3n) is 4.35. The first kappa shape index (κ1) is 16.3. The van der Waals surface area contributed by atoms with E-state index in [9.17, 15) is 9.59 Å². The molecule has 1 amide bonds. The largest absolute Gasteiger partial charge is 0.466 e. The summed E-state index contributed by atoms with van der Waals surface area (Å²) in [5.41, 5.74) is 0. The van der Waals surface area contributed by atoms with Crippen LogP contribution in [0.25, 0.3) is 0 Å². The van der Waals surface area contributed by atoms with Crippen molar-refractivity contribution in [2.45, 2.75) is 58.0 Å². The SMILES string of the molecule is CCOC(=O)C1CCCN(C(=O)CCC2CCCCO2)C1. The topological polar surface area (TPSA) is 55.8 Å². The molecule has 2 aliphatic rings. The van der Waals surface area contributed by atoms with E-state index in [1.807, 2.05) is 11.8 Å². The van der Waals surface area contributed by atoms with Gasteiger partial charge >= 0.3 is 5.97 Å². The molecule has 2 rings (SSSR count). The molecule has 0 saturated carbocycles. The van der Waals surface area contributed by atoms with E-state index in [0.717, 1.165) is 45.3 Å². The van der Waals surface area contributed by atoms with Gasteiger partial charge in [-0.25, -0.2) is 0 Å². The van der Waals surface area contributed by atoms with E-state index in [1.54, 1.807) is 0 Å². The van der Waals surface area contributed by atoms with Crippen molar-refractivity contribution < 1.29 is 19.1 Å². The Hall–Kier alpha value is -1.10. The predicted octanol–water partition coefficient (Wildman–Crippen LogP) is 2.14. The van der Waals surface area contributed by atoms with Gasteiger partial charge in [0.05, 0.1) is 18.6 Å². The summed E-state index contributed by atoms with van der Waals surface area (Å²) in [6.45, 7) is 4.33. The van der Waals surface area contributed by atoms with E-state index in [1.165, 1.54) is 6.42 Å². The molecule has 0 bridgehead atoms. The number of carbonyl (C=O) groups is 2. The van der Waals surface area contributed by atoms with Crippen molar-refractivity contribution in [2.24, 2.45) is 5.92 Å². The molecule has 0 aromatic rings. The van der Waals surface area contributed by atoms with E-state index in [4.69, 9.17) is 9.47 Å². The third-order valence-corrected chi connectivity index (χ3v) is 4.35. The van der Waals surface area contributed by atoms with Crippen LogP contribution in [0.2, 0.25) is 0 Å². The Morgan fingerprint density at radius 2 is 2.10 bits per heavy atom. The molecule has 2 heterocycles. The maximum Gasteiger partial charge on any atom is 0.310 e. The van der Waals surface area contributed by atoms with Crippen LogP contribution in [0.1, 0.15) is 51.9 Å². The number of hydrogen-bond donors (Lipinski definition) is 0. The summed E-state index contributed by atoms with van der Waals surface area (Å²) < 4.78 is 10.7. The number of esters is 1. The Morgan fingerprint density at radius 1 is 1.24 bits per heavy atom. The van der Waals surface area contributed by atoms with Crippen molar-refractivity contribution in [1.29, 1.82) is 0 Å². The highest BCUT2D eigenvalue weighted by Crippen LogP contribution is 2.21. The summed E-state index contributed by atoms with van der Waals surface area (Å²) in [4.78, 5) is 25.9. The lowest BCUT2D eigenvalue weighted by atomic mass is 9.97. The molecule has 2 atom stereocenters. The van der Waals surface area contributed by atoms with Crippen molar-refractivity contribution in [3.63, 3.8) is 0 Å². The predicted molar refractivity (Wildman–Crippen MR) is 78.8 cm³/mol. The molecule has 0 aromatic carbocycles. The molecule has 0 spiro atoms. The summed E-state index contributed by atoms with van der Waals surface area (Å²) >= 11 is 0. The number of piperidine rings is 1. The molecule has 2 aliphatic heterocycles. The number of rotatable bonds is 5.